The molecular formula is C14H14N4O2. The van der Waals surface area contributed by atoms with Crippen LogP contribution in [0.5, 0.6) is 0 Å². The average molecular weight is 270 g/mol. The highest BCUT2D eigenvalue weighted by Crippen LogP contribution is 2.11. The van der Waals surface area contributed by atoms with Gasteiger partial charge in [0.15, 0.2) is 0 Å². The standard InChI is InChI=1S/C14H14N4O2/c15-12-6-2-5-11(17-12)8-13(19)18-10-4-1-3-9(7-10)14(16)20/h1-7H,8H2,(H2,15,17)(H2,16,20)(H,18,19). The molecule has 6 nitrogen and oxygen atoms in total. The molecule has 0 saturated carbocycles. The van der Waals surface area contributed by atoms with Crippen LogP contribution in [0.4, 0.5) is 11.5 Å². The molecule has 2 aromatic rings. The summed E-state index contributed by atoms with van der Waals surface area (Å²) in [5.41, 5.74) is 12.1. The molecule has 6 heteroatoms. The number of amides is 2. The Bertz CT molecular complexity index is 655. The number of hydrogen-bond donors (Lipinski definition) is 3. The second kappa shape index (κ2) is 5.83. The summed E-state index contributed by atoms with van der Waals surface area (Å²) in [6, 6.07) is 11.5. The molecule has 1 heterocycles. The number of benzene rings is 1. The number of nitrogens with two attached hydrogens (primary N) is 2. The van der Waals surface area contributed by atoms with Gasteiger partial charge in [0.05, 0.1) is 12.1 Å². The zero-order valence-electron chi connectivity index (χ0n) is 10.7. The van der Waals surface area contributed by atoms with E-state index >= 15 is 0 Å². The van der Waals surface area contributed by atoms with Crippen molar-refractivity contribution in [1.29, 1.82) is 0 Å². The van der Waals surface area contributed by atoms with Gasteiger partial charge in [0.1, 0.15) is 5.82 Å². The number of aromatic nitrogens is 1. The molecule has 0 unspecified atom stereocenters. The molecule has 0 aliphatic carbocycles. The van der Waals surface area contributed by atoms with Crippen LogP contribution in [-0.4, -0.2) is 16.8 Å². The van der Waals surface area contributed by atoms with Crippen LogP contribution in [0.25, 0.3) is 0 Å². The molecule has 0 saturated heterocycles. The van der Waals surface area contributed by atoms with Crippen LogP contribution in [-0.2, 0) is 11.2 Å². The van der Waals surface area contributed by atoms with Crippen LogP contribution in [0.15, 0.2) is 42.5 Å². The number of nitrogen functional groups attached to an aromatic ring is 1. The topological polar surface area (TPSA) is 111 Å². The molecule has 0 fully saturated rings. The number of carbonyl (C=O) groups is 2. The maximum atomic E-state index is 11.9. The van der Waals surface area contributed by atoms with Gasteiger partial charge in [-0.05, 0) is 30.3 Å². The highest BCUT2D eigenvalue weighted by molar-refractivity contribution is 5.96. The van der Waals surface area contributed by atoms with Crippen LogP contribution >= 0.6 is 0 Å². The van der Waals surface area contributed by atoms with Gasteiger partial charge in [0.2, 0.25) is 11.8 Å². The second-order valence-corrected chi connectivity index (χ2v) is 4.22. The fraction of sp³-hybridized carbons (Fsp3) is 0.0714. The zero-order valence-corrected chi connectivity index (χ0v) is 10.7. The second-order valence-electron chi connectivity index (χ2n) is 4.22. The third kappa shape index (κ3) is 3.55. The molecule has 0 spiro atoms. The minimum absolute atomic E-state index is 0.103. The van der Waals surface area contributed by atoms with Gasteiger partial charge >= 0.3 is 0 Å². The molecule has 0 radical (unpaired) electrons. The van der Waals surface area contributed by atoms with Gasteiger partial charge in [0.25, 0.3) is 0 Å². The van der Waals surface area contributed by atoms with Crippen molar-refractivity contribution >= 4 is 23.3 Å². The van der Waals surface area contributed by atoms with E-state index in [0.717, 1.165) is 0 Å². The monoisotopic (exact) mass is 270 g/mol. The lowest BCUT2D eigenvalue weighted by Crippen LogP contribution is -2.16. The molecule has 2 amide bonds. The Labute approximate surface area is 115 Å². The van der Waals surface area contributed by atoms with Gasteiger partial charge in [-0.2, -0.15) is 0 Å². The maximum Gasteiger partial charge on any atom is 0.248 e. The normalized spacial score (nSPS) is 10.0. The van der Waals surface area contributed by atoms with Gasteiger partial charge in [0, 0.05) is 11.3 Å². The summed E-state index contributed by atoms with van der Waals surface area (Å²) in [7, 11) is 0. The predicted octanol–water partition coefficient (Wildman–Crippen LogP) is 0.944. The van der Waals surface area contributed by atoms with Crippen molar-refractivity contribution in [2.75, 3.05) is 11.1 Å². The van der Waals surface area contributed by atoms with E-state index in [2.05, 4.69) is 10.3 Å². The summed E-state index contributed by atoms with van der Waals surface area (Å²) in [5.74, 6) is -0.422. The van der Waals surface area contributed by atoms with Crippen LogP contribution < -0.4 is 16.8 Å². The Morgan fingerprint density at radius 1 is 1.15 bits per heavy atom. The summed E-state index contributed by atoms with van der Waals surface area (Å²) in [5, 5.41) is 2.68. The zero-order chi connectivity index (χ0) is 14.5. The highest BCUT2D eigenvalue weighted by atomic mass is 16.2. The number of rotatable bonds is 4. The first-order chi connectivity index (χ1) is 9.54. The fourth-order valence-corrected chi connectivity index (χ4v) is 1.72. The first kappa shape index (κ1) is 13.5. The number of pyridine rings is 1. The van der Waals surface area contributed by atoms with Crippen LogP contribution in [0.3, 0.4) is 0 Å². The quantitative estimate of drug-likeness (QED) is 0.767. The van der Waals surface area contributed by atoms with Crippen LogP contribution in [0, 0.1) is 0 Å². The summed E-state index contributed by atoms with van der Waals surface area (Å²) in [4.78, 5) is 27.0. The number of anilines is 2. The summed E-state index contributed by atoms with van der Waals surface area (Å²) < 4.78 is 0. The molecule has 1 aromatic heterocycles. The van der Waals surface area contributed by atoms with Gasteiger partial charge in [-0.3, -0.25) is 9.59 Å². The third-order valence-electron chi connectivity index (χ3n) is 2.60. The summed E-state index contributed by atoms with van der Waals surface area (Å²) in [6.07, 6.45) is 0.103. The molecule has 1 aromatic carbocycles. The molecular weight excluding hydrogens is 256 g/mol. The van der Waals surface area contributed by atoms with Gasteiger partial charge in [-0.15, -0.1) is 0 Å². The smallest absolute Gasteiger partial charge is 0.248 e. The minimum atomic E-state index is -0.543. The van der Waals surface area contributed by atoms with E-state index in [4.69, 9.17) is 11.5 Å². The molecule has 0 bridgehead atoms. The van der Waals surface area contributed by atoms with Crippen molar-refractivity contribution in [3.8, 4) is 0 Å². The number of nitrogens with one attached hydrogen (secondary N) is 1. The molecule has 0 aliphatic heterocycles. The molecule has 0 atom stereocenters. The van der Waals surface area contributed by atoms with Crippen LogP contribution in [0.1, 0.15) is 16.1 Å². The number of primary amides is 1. The Hall–Kier alpha value is -2.89. The van der Waals surface area contributed by atoms with Crippen molar-refractivity contribution in [2.24, 2.45) is 5.73 Å². The van der Waals surface area contributed by atoms with Crippen molar-refractivity contribution in [3.05, 3.63) is 53.7 Å². The van der Waals surface area contributed by atoms with Gasteiger partial charge < -0.3 is 16.8 Å². The molecule has 0 aliphatic rings. The van der Waals surface area contributed by atoms with Crippen molar-refractivity contribution in [1.82, 2.24) is 4.98 Å². The molecule has 20 heavy (non-hydrogen) atoms. The first-order valence-electron chi connectivity index (χ1n) is 5.96. The number of nitrogens with zero attached hydrogens (tertiary/aromatic N) is 1. The average Bonchev–Trinajstić information content (AvgIpc) is 2.38. The molecule has 102 valence electrons. The van der Waals surface area contributed by atoms with E-state index in [-0.39, 0.29) is 12.3 Å². The Morgan fingerprint density at radius 3 is 2.60 bits per heavy atom. The molecule has 2 rings (SSSR count). The van der Waals surface area contributed by atoms with E-state index in [1.54, 1.807) is 36.4 Å². The Morgan fingerprint density at radius 2 is 1.90 bits per heavy atom. The van der Waals surface area contributed by atoms with E-state index < -0.39 is 5.91 Å². The van der Waals surface area contributed by atoms with E-state index in [1.165, 1.54) is 6.07 Å². The lowest BCUT2D eigenvalue weighted by atomic mass is 10.2. The van der Waals surface area contributed by atoms with Gasteiger partial charge in [-0.25, -0.2) is 4.98 Å². The van der Waals surface area contributed by atoms with Crippen molar-refractivity contribution < 1.29 is 9.59 Å². The fourth-order valence-electron chi connectivity index (χ4n) is 1.72. The Balaban J connectivity index is 2.04. The summed E-state index contributed by atoms with van der Waals surface area (Å²) >= 11 is 0. The SMILES string of the molecule is NC(=O)c1cccc(NC(=O)Cc2cccc(N)n2)c1. The van der Waals surface area contributed by atoms with E-state index in [9.17, 15) is 9.59 Å². The largest absolute Gasteiger partial charge is 0.384 e. The first-order valence-corrected chi connectivity index (χ1v) is 5.96. The lowest BCUT2D eigenvalue weighted by molar-refractivity contribution is -0.115. The van der Waals surface area contributed by atoms with Crippen LogP contribution in [0.2, 0.25) is 0 Å². The van der Waals surface area contributed by atoms with E-state index in [0.29, 0.717) is 22.8 Å². The minimum Gasteiger partial charge on any atom is -0.384 e. The predicted molar refractivity (Wildman–Crippen MR) is 75.9 cm³/mol. The van der Waals surface area contributed by atoms with Gasteiger partial charge in [-0.1, -0.05) is 12.1 Å². The lowest BCUT2D eigenvalue weighted by Gasteiger charge is -2.06. The maximum absolute atomic E-state index is 11.9. The summed E-state index contributed by atoms with van der Waals surface area (Å²) in [6.45, 7) is 0. The number of carbonyl (C=O) groups excluding carboxylic acids is 2. The van der Waals surface area contributed by atoms with Crippen molar-refractivity contribution in [3.63, 3.8) is 0 Å². The Kier molecular flexibility index (Phi) is 3.95. The van der Waals surface area contributed by atoms with E-state index in [1.807, 2.05) is 0 Å². The third-order valence-corrected chi connectivity index (χ3v) is 2.60. The highest BCUT2D eigenvalue weighted by Gasteiger charge is 2.07. The van der Waals surface area contributed by atoms with Crippen molar-refractivity contribution in [2.45, 2.75) is 6.42 Å². The number of hydrogen-bond acceptors (Lipinski definition) is 4. The molecule has 5 N–H and O–H groups in total.